The van der Waals surface area contributed by atoms with Crippen LogP contribution in [0.2, 0.25) is 0 Å². The van der Waals surface area contributed by atoms with Gasteiger partial charge in [0.05, 0.1) is 12.0 Å². The quantitative estimate of drug-likeness (QED) is 0.751. The molecule has 0 fully saturated rings. The van der Waals surface area contributed by atoms with Crippen molar-refractivity contribution in [3.8, 4) is 5.75 Å². The van der Waals surface area contributed by atoms with E-state index < -0.39 is 10.0 Å². The molecule has 1 N–H and O–H groups in total. The number of ether oxygens (including phenoxy) is 1. The minimum Gasteiger partial charge on any atom is -0.497 e. The lowest BCUT2D eigenvalue weighted by molar-refractivity contribution is 0.414. The molecule has 22 heavy (non-hydrogen) atoms. The standard InChI is InChI=1S/C15H15Br2NO3S/c1-10-7-14(17)15(8-13(10)16)22(19,20)18-9-11-3-5-12(21-2)6-4-11/h3-8,18H,9H2,1-2H3. The molecule has 0 amide bonds. The van der Waals surface area contributed by atoms with Gasteiger partial charge in [0.2, 0.25) is 10.0 Å². The van der Waals surface area contributed by atoms with Gasteiger partial charge in [0.15, 0.2) is 0 Å². The molecule has 0 bridgehead atoms. The number of sulfonamides is 1. The second-order valence-corrected chi connectivity index (χ2v) is 8.15. The van der Waals surface area contributed by atoms with Crippen LogP contribution in [0.1, 0.15) is 11.1 Å². The topological polar surface area (TPSA) is 55.4 Å². The molecule has 0 aliphatic rings. The molecule has 0 saturated carbocycles. The second-order valence-electron chi connectivity index (χ2n) is 4.70. The molecular weight excluding hydrogens is 434 g/mol. The zero-order valence-electron chi connectivity index (χ0n) is 12.1. The molecule has 0 aromatic heterocycles. The van der Waals surface area contributed by atoms with Crippen molar-refractivity contribution in [2.75, 3.05) is 7.11 Å². The molecule has 2 rings (SSSR count). The van der Waals surface area contributed by atoms with E-state index in [1.165, 1.54) is 0 Å². The van der Waals surface area contributed by atoms with Crippen LogP contribution in [-0.2, 0) is 16.6 Å². The molecule has 0 saturated heterocycles. The molecule has 118 valence electrons. The Balaban J connectivity index is 2.19. The molecule has 2 aromatic rings. The lowest BCUT2D eigenvalue weighted by Gasteiger charge is -2.11. The van der Waals surface area contributed by atoms with Crippen molar-refractivity contribution >= 4 is 41.9 Å². The Kier molecular flexibility index (Phi) is 5.65. The Morgan fingerprint density at radius 1 is 1.09 bits per heavy atom. The van der Waals surface area contributed by atoms with E-state index in [1.807, 2.05) is 19.1 Å². The summed E-state index contributed by atoms with van der Waals surface area (Å²) >= 11 is 6.66. The fraction of sp³-hybridized carbons (Fsp3) is 0.200. The van der Waals surface area contributed by atoms with Gasteiger partial charge in [-0.3, -0.25) is 0 Å². The molecule has 2 aromatic carbocycles. The van der Waals surface area contributed by atoms with Gasteiger partial charge in [-0.2, -0.15) is 0 Å². The molecule has 0 radical (unpaired) electrons. The molecule has 7 heteroatoms. The summed E-state index contributed by atoms with van der Waals surface area (Å²) in [5.41, 5.74) is 1.81. The first-order chi connectivity index (χ1) is 10.3. The van der Waals surface area contributed by atoms with Crippen LogP contribution < -0.4 is 9.46 Å². The maximum atomic E-state index is 12.4. The third-order valence-electron chi connectivity index (χ3n) is 3.13. The highest BCUT2D eigenvalue weighted by atomic mass is 79.9. The largest absolute Gasteiger partial charge is 0.497 e. The van der Waals surface area contributed by atoms with Crippen LogP contribution in [0.25, 0.3) is 0 Å². The Hall–Kier alpha value is -0.890. The monoisotopic (exact) mass is 447 g/mol. The maximum absolute atomic E-state index is 12.4. The lowest BCUT2D eigenvalue weighted by Crippen LogP contribution is -2.23. The van der Waals surface area contributed by atoms with Gasteiger partial charge < -0.3 is 4.74 Å². The number of rotatable bonds is 5. The Morgan fingerprint density at radius 2 is 1.73 bits per heavy atom. The average Bonchev–Trinajstić information content (AvgIpc) is 2.49. The number of hydrogen-bond acceptors (Lipinski definition) is 3. The Labute approximate surface area is 147 Å². The smallest absolute Gasteiger partial charge is 0.242 e. The summed E-state index contributed by atoms with van der Waals surface area (Å²) in [6.07, 6.45) is 0. The van der Waals surface area contributed by atoms with E-state index in [0.717, 1.165) is 21.3 Å². The van der Waals surface area contributed by atoms with E-state index in [9.17, 15) is 8.42 Å². The van der Waals surface area contributed by atoms with Crippen LogP contribution in [0.15, 0.2) is 50.2 Å². The number of nitrogens with one attached hydrogen (secondary N) is 1. The minimum absolute atomic E-state index is 0.207. The first kappa shape index (κ1) is 17.5. The number of benzene rings is 2. The van der Waals surface area contributed by atoms with Crippen LogP contribution in [0.4, 0.5) is 0 Å². The zero-order valence-corrected chi connectivity index (χ0v) is 16.0. The first-order valence-corrected chi connectivity index (χ1v) is 9.48. The van der Waals surface area contributed by atoms with Crippen molar-refractivity contribution in [3.63, 3.8) is 0 Å². The van der Waals surface area contributed by atoms with E-state index in [2.05, 4.69) is 36.6 Å². The van der Waals surface area contributed by atoms with E-state index >= 15 is 0 Å². The third kappa shape index (κ3) is 4.10. The summed E-state index contributed by atoms with van der Waals surface area (Å²) in [5.74, 6) is 0.733. The van der Waals surface area contributed by atoms with Crippen LogP contribution >= 0.6 is 31.9 Å². The van der Waals surface area contributed by atoms with Crippen molar-refractivity contribution in [2.45, 2.75) is 18.4 Å². The predicted molar refractivity (Wildman–Crippen MR) is 93.6 cm³/mol. The summed E-state index contributed by atoms with van der Waals surface area (Å²) in [4.78, 5) is 0.207. The maximum Gasteiger partial charge on any atom is 0.242 e. The van der Waals surface area contributed by atoms with Crippen LogP contribution in [-0.4, -0.2) is 15.5 Å². The first-order valence-electron chi connectivity index (χ1n) is 6.42. The van der Waals surface area contributed by atoms with Crippen molar-refractivity contribution in [1.82, 2.24) is 4.72 Å². The van der Waals surface area contributed by atoms with Gasteiger partial charge in [0.1, 0.15) is 5.75 Å². The Morgan fingerprint density at radius 3 is 2.32 bits per heavy atom. The van der Waals surface area contributed by atoms with Gasteiger partial charge in [0, 0.05) is 15.5 Å². The fourth-order valence-corrected chi connectivity index (χ4v) is 4.53. The number of methoxy groups -OCH3 is 1. The number of aryl methyl sites for hydroxylation is 1. The summed E-state index contributed by atoms with van der Waals surface area (Å²) < 4.78 is 33.8. The molecule has 0 atom stereocenters. The van der Waals surface area contributed by atoms with E-state index in [4.69, 9.17) is 4.74 Å². The summed E-state index contributed by atoms with van der Waals surface area (Å²) in [7, 11) is -2.01. The van der Waals surface area contributed by atoms with E-state index in [0.29, 0.717) is 4.47 Å². The molecular formula is C15H15Br2NO3S. The number of halogens is 2. The van der Waals surface area contributed by atoms with Crippen molar-refractivity contribution in [2.24, 2.45) is 0 Å². The predicted octanol–water partition coefficient (Wildman–Crippen LogP) is 4.01. The molecule has 0 aliphatic heterocycles. The third-order valence-corrected chi connectivity index (χ3v) is 6.34. The fourth-order valence-electron chi connectivity index (χ4n) is 1.83. The molecule has 0 heterocycles. The highest BCUT2D eigenvalue weighted by molar-refractivity contribution is 9.11. The van der Waals surface area contributed by atoms with Crippen molar-refractivity contribution in [3.05, 3.63) is 56.5 Å². The lowest BCUT2D eigenvalue weighted by atomic mass is 10.2. The van der Waals surface area contributed by atoms with Gasteiger partial charge in [-0.25, -0.2) is 13.1 Å². The van der Waals surface area contributed by atoms with Gasteiger partial charge >= 0.3 is 0 Å². The van der Waals surface area contributed by atoms with Gasteiger partial charge in [-0.05, 0) is 58.2 Å². The summed E-state index contributed by atoms with van der Waals surface area (Å²) in [5, 5.41) is 0. The highest BCUT2D eigenvalue weighted by Gasteiger charge is 2.18. The van der Waals surface area contributed by atoms with Crippen molar-refractivity contribution < 1.29 is 13.2 Å². The molecule has 0 spiro atoms. The normalized spacial score (nSPS) is 11.5. The van der Waals surface area contributed by atoms with E-state index in [1.54, 1.807) is 31.4 Å². The highest BCUT2D eigenvalue weighted by Crippen LogP contribution is 2.28. The zero-order chi connectivity index (χ0) is 16.3. The molecule has 4 nitrogen and oxygen atoms in total. The summed E-state index contributed by atoms with van der Waals surface area (Å²) in [6, 6.07) is 10.6. The molecule has 0 unspecified atom stereocenters. The van der Waals surface area contributed by atoms with Gasteiger partial charge in [0.25, 0.3) is 0 Å². The second kappa shape index (κ2) is 7.12. The Bertz CT molecular complexity index is 774. The van der Waals surface area contributed by atoms with Crippen LogP contribution in [0, 0.1) is 6.92 Å². The van der Waals surface area contributed by atoms with Crippen LogP contribution in [0.3, 0.4) is 0 Å². The van der Waals surface area contributed by atoms with E-state index in [-0.39, 0.29) is 11.4 Å². The SMILES string of the molecule is COc1ccc(CNS(=O)(=O)c2cc(Br)c(C)cc2Br)cc1. The average molecular weight is 449 g/mol. The van der Waals surface area contributed by atoms with Crippen molar-refractivity contribution in [1.29, 1.82) is 0 Å². The summed E-state index contributed by atoms with van der Waals surface area (Å²) in [6.45, 7) is 2.11. The number of hydrogen-bond donors (Lipinski definition) is 1. The molecule has 0 aliphatic carbocycles. The minimum atomic E-state index is -3.60. The van der Waals surface area contributed by atoms with Crippen LogP contribution in [0.5, 0.6) is 5.75 Å². The van der Waals surface area contributed by atoms with Gasteiger partial charge in [-0.15, -0.1) is 0 Å². The van der Waals surface area contributed by atoms with Gasteiger partial charge in [-0.1, -0.05) is 28.1 Å².